The number of pyridine rings is 1. The molecule has 3 aromatic rings. The highest BCUT2D eigenvalue weighted by atomic mass is 32.1. The number of benzene rings is 1. The SMILES string of the molecule is C=CC(=O)N1CCC[C@H](c2cc3ccccc3c(Nc3nccs3)n2)C1. The van der Waals surface area contributed by atoms with Crippen molar-refractivity contribution in [2.24, 2.45) is 0 Å². The topological polar surface area (TPSA) is 58.1 Å². The third kappa shape index (κ3) is 3.32. The van der Waals surface area contributed by atoms with E-state index >= 15 is 0 Å². The molecule has 0 unspecified atom stereocenters. The quantitative estimate of drug-likeness (QED) is 0.700. The van der Waals surface area contributed by atoms with Crippen LogP contribution in [-0.2, 0) is 4.79 Å². The number of hydrogen-bond acceptors (Lipinski definition) is 5. The fourth-order valence-electron chi connectivity index (χ4n) is 3.46. The standard InChI is InChI=1S/C20H20N4OS/c1-2-18(25)24-10-5-7-15(13-24)17-12-14-6-3-4-8-16(14)19(22-17)23-20-21-9-11-26-20/h2-4,6,8-9,11-12,15H,1,5,7,10,13H2,(H,21,22,23)/t15-/m0/s1. The van der Waals surface area contributed by atoms with Crippen molar-refractivity contribution in [2.45, 2.75) is 18.8 Å². The Morgan fingerprint density at radius 1 is 1.38 bits per heavy atom. The van der Waals surface area contributed by atoms with Gasteiger partial charge in [0.15, 0.2) is 5.13 Å². The van der Waals surface area contributed by atoms with Gasteiger partial charge >= 0.3 is 0 Å². The Morgan fingerprint density at radius 3 is 3.08 bits per heavy atom. The first kappa shape index (κ1) is 16.7. The molecule has 132 valence electrons. The third-order valence-electron chi connectivity index (χ3n) is 4.74. The summed E-state index contributed by atoms with van der Waals surface area (Å²) in [4.78, 5) is 23.1. The van der Waals surface area contributed by atoms with Crippen molar-refractivity contribution in [3.63, 3.8) is 0 Å². The van der Waals surface area contributed by atoms with Gasteiger partial charge in [-0.1, -0.05) is 30.8 Å². The van der Waals surface area contributed by atoms with E-state index < -0.39 is 0 Å². The second-order valence-corrected chi connectivity index (χ2v) is 7.30. The van der Waals surface area contributed by atoms with Gasteiger partial charge in [0.25, 0.3) is 0 Å². The molecule has 6 heteroatoms. The van der Waals surface area contributed by atoms with Gasteiger partial charge in [0, 0.05) is 41.7 Å². The van der Waals surface area contributed by atoms with Crippen LogP contribution in [0.5, 0.6) is 0 Å². The molecule has 0 spiro atoms. The summed E-state index contributed by atoms with van der Waals surface area (Å²) in [5.74, 6) is 1.05. The first-order valence-corrected chi connectivity index (χ1v) is 9.60. The highest BCUT2D eigenvalue weighted by molar-refractivity contribution is 7.13. The Labute approximate surface area is 156 Å². The molecule has 1 aliphatic rings. The smallest absolute Gasteiger partial charge is 0.245 e. The lowest BCUT2D eigenvalue weighted by atomic mass is 9.93. The van der Waals surface area contributed by atoms with Crippen molar-refractivity contribution in [1.82, 2.24) is 14.9 Å². The van der Waals surface area contributed by atoms with Gasteiger partial charge in [-0.2, -0.15) is 0 Å². The zero-order valence-corrected chi connectivity index (χ0v) is 15.2. The summed E-state index contributed by atoms with van der Waals surface area (Å²) in [6.07, 6.45) is 5.18. The monoisotopic (exact) mass is 364 g/mol. The van der Waals surface area contributed by atoms with E-state index in [-0.39, 0.29) is 11.8 Å². The molecule has 26 heavy (non-hydrogen) atoms. The number of aromatic nitrogens is 2. The van der Waals surface area contributed by atoms with Crippen LogP contribution in [0.4, 0.5) is 10.9 Å². The summed E-state index contributed by atoms with van der Waals surface area (Å²) in [5, 5.41) is 8.33. The zero-order valence-electron chi connectivity index (χ0n) is 14.4. The van der Waals surface area contributed by atoms with Gasteiger partial charge < -0.3 is 10.2 Å². The number of rotatable bonds is 4. The fourth-order valence-corrected chi connectivity index (χ4v) is 3.99. The van der Waals surface area contributed by atoms with E-state index in [0.717, 1.165) is 46.8 Å². The summed E-state index contributed by atoms with van der Waals surface area (Å²) >= 11 is 1.55. The summed E-state index contributed by atoms with van der Waals surface area (Å²) in [5.41, 5.74) is 1.02. The molecule has 3 heterocycles. The number of anilines is 2. The van der Waals surface area contributed by atoms with Crippen LogP contribution in [0, 0.1) is 0 Å². The second kappa shape index (κ2) is 7.25. The summed E-state index contributed by atoms with van der Waals surface area (Å²) in [7, 11) is 0. The third-order valence-corrected chi connectivity index (χ3v) is 5.43. The molecule has 1 amide bonds. The molecule has 2 aromatic heterocycles. The summed E-state index contributed by atoms with van der Waals surface area (Å²) in [6, 6.07) is 10.4. The van der Waals surface area contributed by atoms with E-state index in [9.17, 15) is 4.79 Å². The highest BCUT2D eigenvalue weighted by Gasteiger charge is 2.25. The average molecular weight is 364 g/mol. The molecule has 1 aromatic carbocycles. The van der Waals surface area contributed by atoms with E-state index in [2.05, 4.69) is 35.1 Å². The van der Waals surface area contributed by atoms with Crippen LogP contribution in [0.1, 0.15) is 24.5 Å². The number of fused-ring (bicyclic) bond motifs is 1. The summed E-state index contributed by atoms with van der Waals surface area (Å²) < 4.78 is 0. The van der Waals surface area contributed by atoms with Crippen molar-refractivity contribution >= 4 is 39.0 Å². The molecule has 1 fully saturated rings. The number of carbonyl (C=O) groups excluding carboxylic acids is 1. The molecule has 1 aliphatic heterocycles. The number of thiazole rings is 1. The average Bonchev–Trinajstić information content (AvgIpc) is 3.20. The Kier molecular flexibility index (Phi) is 4.67. The lowest BCUT2D eigenvalue weighted by molar-refractivity contribution is -0.127. The van der Waals surface area contributed by atoms with Crippen molar-refractivity contribution in [1.29, 1.82) is 0 Å². The maximum Gasteiger partial charge on any atom is 0.245 e. The number of nitrogens with one attached hydrogen (secondary N) is 1. The van der Waals surface area contributed by atoms with Gasteiger partial charge in [-0.3, -0.25) is 4.79 Å². The summed E-state index contributed by atoms with van der Waals surface area (Å²) in [6.45, 7) is 5.09. The minimum absolute atomic E-state index is 0.00313. The van der Waals surface area contributed by atoms with Crippen molar-refractivity contribution in [3.8, 4) is 0 Å². The number of carbonyl (C=O) groups is 1. The molecule has 0 radical (unpaired) electrons. The Balaban J connectivity index is 1.71. The number of nitrogens with zero attached hydrogens (tertiary/aromatic N) is 3. The second-order valence-electron chi connectivity index (χ2n) is 6.41. The van der Waals surface area contributed by atoms with Gasteiger partial charge in [-0.05, 0) is 30.4 Å². The minimum atomic E-state index is -0.00313. The molecule has 4 rings (SSSR count). The van der Waals surface area contributed by atoms with E-state index in [1.165, 1.54) is 6.08 Å². The van der Waals surface area contributed by atoms with Crippen LogP contribution in [-0.4, -0.2) is 33.9 Å². The highest BCUT2D eigenvalue weighted by Crippen LogP contribution is 2.32. The predicted molar refractivity (Wildman–Crippen MR) is 106 cm³/mol. The van der Waals surface area contributed by atoms with Crippen LogP contribution in [0.15, 0.2) is 54.6 Å². The molecule has 1 N–H and O–H groups in total. The number of amides is 1. The molecule has 5 nitrogen and oxygen atoms in total. The molecule has 0 bridgehead atoms. The van der Waals surface area contributed by atoms with Gasteiger partial charge in [0.2, 0.25) is 5.91 Å². The molecule has 0 saturated carbocycles. The van der Waals surface area contributed by atoms with Gasteiger partial charge in [0.05, 0.1) is 0 Å². The van der Waals surface area contributed by atoms with E-state index in [0.29, 0.717) is 6.54 Å². The number of hydrogen-bond donors (Lipinski definition) is 1. The van der Waals surface area contributed by atoms with E-state index in [4.69, 9.17) is 4.98 Å². The lowest BCUT2D eigenvalue weighted by Gasteiger charge is -2.32. The molecule has 1 saturated heterocycles. The first-order chi connectivity index (χ1) is 12.7. The number of piperidine rings is 1. The Morgan fingerprint density at radius 2 is 2.27 bits per heavy atom. The molecular formula is C20H20N4OS. The zero-order chi connectivity index (χ0) is 17.9. The predicted octanol–water partition coefficient (Wildman–Crippen LogP) is 4.33. The maximum absolute atomic E-state index is 12.0. The van der Waals surface area contributed by atoms with Crippen molar-refractivity contribution in [3.05, 3.63) is 60.3 Å². The lowest BCUT2D eigenvalue weighted by Crippen LogP contribution is -2.38. The van der Waals surface area contributed by atoms with Crippen LogP contribution >= 0.6 is 11.3 Å². The maximum atomic E-state index is 12.0. The Hall–Kier alpha value is -2.73. The molecule has 1 atom stereocenters. The normalized spacial score (nSPS) is 17.2. The first-order valence-electron chi connectivity index (χ1n) is 8.72. The molecular weight excluding hydrogens is 344 g/mol. The van der Waals surface area contributed by atoms with Gasteiger partial charge in [-0.25, -0.2) is 9.97 Å². The van der Waals surface area contributed by atoms with Crippen LogP contribution in [0.3, 0.4) is 0 Å². The van der Waals surface area contributed by atoms with Gasteiger partial charge in [0.1, 0.15) is 5.82 Å². The van der Waals surface area contributed by atoms with Gasteiger partial charge in [-0.15, -0.1) is 11.3 Å². The minimum Gasteiger partial charge on any atom is -0.339 e. The molecule has 0 aliphatic carbocycles. The van der Waals surface area contributed by atoms with Crippen LogP contribution in [0.2, 0.25) is 0 Å². The number of likely N-dealkylation sites (tertiary alicyclic amines) is 1. The Bertz CT molecular complexity index is 938. The van der Waals surface area contributed by atoms with Crippen molar-refractivity contribution < 1.29 is 4.79 Å². The largest absolute Gasteiger partial charge is 0.339 e. The van der Waals surface area contributed by atoms with Crippen LogP contribution < -0.4 is 5.32 Å². The fraction of sp³-hybridized carbons (Fsp3) is 0.250. The van der Waals surface area contributed by atoms with Crippen molar-refractivity contribution in [2.75, 3.05) is 18.4 Å². The van der Waals surface area contributed by atoms with E-state index in [1.807, 2.05) is 22.4 Å². The van der Waals surface area contributed by atoms with Crippen LogP contribution in [0.25, 0.3) is 10.8 Å². The van der Waals surface area contributed by atoms with E-state index in [1.54, 1.807) is 17.5 Å².